The molecule has 2 aromatic rings. The van der Waals surface area contributed by atoms with Crippen LogP contribution in [-0.4, -0.2) is 23.0 Å². The van der Waals surface area contributed by atoms with Gasteiger partial charge in [-0.3, -0.25) is 4.79 Å². The highest BCUT2D eigenvalue weighted by molar-refractivity contribution is 9.11. The van der Waals surface area contributed by atoms with Crippen LogP contribution in [0.1, 0.15) is 21.5 Å². The second-order valence-corrected chi connectivity index (χ2v) is 6.87. The van der Waals surface area contributed by atoms with Crippen molar-refractivity contribution >= 4 is 43.7 Å². The van der Waals surface area contributed by atoms with Gasteiger partial charge in [-0.1, -0.05) is 44.0 Å². The minimum atomic E-state index is -1.14. The van der Waals surface area contributed by atoms with Crippen LogP contribution in [0.4, 0.5) is 0 Å². The van der Waals surface area contributed by atoms with Crippen molar-refractivity contribution in [1.82, 2.24) is 5.32 Å². The molecule has 0 aliphatic carbocycles. The quantitative estimate of drug-likeness (QED) is 0.727. The summed E-state index contributed by atoms with van der Waals surface area (Å²) in [5.74, 6) is -1.62. The Kier molecular flexibility index (Phi) is 6.12. The van der Waals surface area contributed by atoms with Crippen LogP contribution in [0.15, 0.2) is 51.4 Å². The molecule has 1 amide bonds. The summed E-state index contributed by atoms with van der Waals surface area (Å²) in [6.07, 6.45) is 0.0891. The zero-order valence-electron chi connectivity index (χ0n) is 12.3. The van der Waals surface area contributed by atoms with Crippen LogP contribution < -0.4 is 5.32 Å². The molecular weight excluding hydrogens is 440 g/mol. The van der Waals surface area contributed by atoms with Crippen LogP contribution in [0.2, 0.25) is 0 Å². The first-order chi connectivity index (χ1) is 11.4. The molecule has 0 aliphatic heterocycles. The van der Waals surface area contributed by atoms with Gasteiger partial charge in [-0.05, 0) is 35.9 Å². The van der Waals surface area contributed by atoms with Crippen molar-refractivity contribution < 1.29 is 14.7 Å². The lowest BCUT2D eigenvalue weighted by molar-refractivity contribution is -0.139. The SMILES string of the molecule is N#Cc1cccc(C[C@@H](NC(=O)c2cc(Br)cc(Br)c2)C(=O)O)c1. The number of amides is 1. The highest BCUT2D eigenvalue weighted by atomic mass is 79.9. The lowest BCUT2D eigenvalue weighted by atomic mass is 10.0. The number of rotatable bonds is 5. The third-order valence-electron chi connectivity index (χ3n) is 3.22. The first kappa shape index (κ1) is 18.2. The van der Waals surface area contributed by atoms with Crippen molar-refractivity contribution in [2.45, 2.75) is 12.5 Å². The number of carbonyl (C=O) groups excluding carboxylic acids is 1. The standard InChI is InChI=1S/C17H12Br2N2O3/c18-13-6-12(7-14(19)8-13)16(22)21-15(17(23)24)5-10-2-1-3-11(4-10)9-20/h1-4,6-8,15H,5H2,(H,21,22)(H,23,24)/t15-/m1/s1. The van der Waals surface area contributed by atoms with E-state index in [1.165, 1.54) is 0 Å². The molecule has 7 heteroatoms. The van der Waals surface area contributed by atoms with Crippen molar-refractivity contribution in [1.29, 1.82) is 5.26 Å². The maximum atomic E-state index is 12.3. The van der Waals surface area contributed by atoms with E-state index < -0.39 is 17.9 Å². The number of hydrogen-bond acceptors (Lipinski definition) is 3. The fraction of sp³-hybridized carbons (Fsp3) is 0.118. The highest BCUT2D eigenvalue weighted by Gasteiger charge is 2.21. The topological polar surface area (TPSA) is 90.2 Å². The molecule has 2 aromatic carbocycles. The van der Waals surface area contributed by atoms with Crippen molar-refractivity contribution in [3.05, 3.63) is 68.1 Å². The Morgan fingerprint density at radius 2 is 1.83 bits per heavy atom. The summed E-state index contributed by atoms with van der Waals surface area (Å²) in [4.78, 5) is 23.8. The molecule has 0 saturated carbocycles. The summed E-state index contributed by atoms with van der Waals surface area (Å²) in [5.41, 5.74) is 1.45. The van der Waals surface area contributed by atoms with Gasteiger partial charge in [-0.15, -0.1) is 0 Å². The molecule has 24 heavy (non-hydrogen) atoms. The third-order valence-corrected chi connectivity index (χ3v) is 4.14. The van der Waals surface area contributed by atoms with Gasteiger partial charge in [0.2, 0.25) is 0 Å². The molecule has 2 N–H and O–H groups in total. The Labute approximate surface area is 155 Å². The van der Waals surface area contributed by atoms with Crippen LogP contribution in [0.3, 0.4) is 0 Å². The Balaban J connectivity index is 2.17. The molecule has 0 aliphatic rings. The maximum Gasteiger partial charge on any atom is 0.326 e. The summed E-state index contributed by atoms with van der Waals surface area (Å²) in [6, 6.07) is 12.5. The van der Waals surface area contributed by atoms with Gasteiger partial charge in [0.15, 0.2) is 0 Å². The number of nitrogens with zero attached hydrogens (tertiary/aromatic N) is 1. The van der Waals surface area contributed by atoms with E-state index in [0.29, 0.717) is 25.6 Å². The van der Waals surface area contributed by atoms with E-state index in [0.717, 1.165) is 0 Å². The van der Waals surface area contributed by atoms with Gasteiger partial charge in [0, 0.05) is 20.9 Å². The van der Waals surface area contributed by atoms with Gasteiger partial charge in [0.05, 0.1) is 11.6 Å². The van der Waals surface area contributed by atoms with E-state index in [4.69, 9.17) is 5.26 Å². The highest BCUT2D eigenvalue weighted by Crippen LogP contribution is 2.20. The van der Waals surface area contributed by atoms with Crippen LogP contribution in [0.5, 0.6) is 0 Å². The Morgan fingerprint density at radius 1 is 1.17 bits per heavy atom. The number of carbonyl (C=O) groups is 2. The number of halogens is 2. The van der Waals surface area contributed by atoms with Gasteiger partial charge in [-0.25, -0.2) is 4.79 Å². The lowest BCUT2D eigenvalue weighted by Crippen LogP contribution is -2.42. The minimum Gasteiger partial charge on any atom is -0.480 e. The number of aliphatic carboxylic acids is 1. The predicted molar refractivity (Wildman–Crippen MR) is 95.6 cm³/mol. The van der Waals surface area contributed by atoms with Crippen molar-refractivity contribution in [2.24, 2.45) is 0 Å². The van der Waals surface area contributed by atoms with E-state index in [-0.39, 0.29) is 6.42 Å². The minimum absolute atomic E-state index is 0.0891. The first-order valence-corrected chi connectivity index (χ1v) is 8.46. The zero-order valence-corrected chi connectivity index (χ0v) is 15.5. The van der Waals surface area contributed by atoms with E-state index in [9.17, 15) is 14.7 Å². The molecule has 0 unspecified atom stereocenters. The summed E-state index contributed by atoms with van der Waals surface area (Å²) in [5, 5.41) is 20.8. The van der Waals surface area contributed by atoms with Crippen LogP contribution >= 0.6 is 31.9 Å². The van der Waals surface area contributed by atoms with Gasteiger partial charge in [0.1, 0.15) is 6.04 Å². The molecule has 122 valence electrons. The molecule has 0 saturated heterocycles. The Hall–Kier alpha value is -2.17. The van der Waals surface area contributed by atoms with Crippen molar-refractivity contribution in [2.75, 3.05) is 0 Å². The van der Waals surface area contributed by atoms with E-state index in [2.05, 4.69) is 37.2 Å². The summed E-state index contributed by atoms with van der Waals surface area (Å²) in [7, 11) is 0. The Bertz CT molecular complexity index is 811. The summed E-state index contributed by atoms with van der Waals surface area (Å²) < 4.78 is 1.41. The molecule has 1 atom stereocenters. The number of carboxylic acids is 1. The first-order valence-electron chi connectivity index (χ1n) is 6.88. The second-order valence-electron chi connectivity index (χ2n) is 5.04. The number of benzene rings is 2. The average molecular weight is 452 g/mol. The van der Waals surface area contributed by atoms with Crippen molar-refractivity contribution in [3.8, 4) is 6.07 Å². The zero-order chi connectivity index (χ0) is 17.7. The van der Waals surface area contributed by atoms with Crippen LogP contribution in [0, 0.1) is 11.3 Å². The maximum absolute atomic E-state index is 12.3. The second kappa shape index (κ2) is 8.08. The monoisotopic (exact) mass is 450 g/mol. The van der Waals surface area contributed by atoms with Gasteiger partial charge in [0.25, 0.3) is 5.91 Å². The largest absolute Gasteiger partial charge is 0.480 e. The molecule has 0 spiro atoms. The molecular formula is C17H12Br2N2O3. The van der Waals surface area contributed by atoms with Crippen LogP contribution in [-0.2, 0) is 11.2 Å². The number of nitriles is 1. The molecule has 0 heterocycles. The van der Waals surface area contributed by atoms with E-state index >= 15 is 0 Å². The fourth-order valence-corrected chi connectivity index (χ4v) is 3.42. The third kappa shape index (κ3) is 4.91. The van der Waals surface area contributed by atoms with Gasteiger partial charge in [-0.2, -0.15) is 5.26 Å². The molecule has 5 nitrogen and oxygen atoms in total. The normalized spacial score (nSPS) is 11.4. The smallest absolute Gasteiger partial charge is 0.326 e. The fourth-order valence-electron chi connectivity index (χ4n) is 2.13. The number of carboxylic acid groups (broad SMARTS) is 1. The predicted octanol–water partition coefficient (Wildman–Crippen LogP) is 3.51. The average Bonchev–Trinajstić information content (AvgIpc) is 2.53. The summed E-state index contributed by atoms with van der Waals surface area (Å²) >= 11 is 6.58. The van der Waals surface area contributed by atoms with E-state index in [1.807, 2.05) is 6.07 Å². The molecule has 0 bridgehead atoms. The van der Waals surface area contributed by atoms with E-state index in [1.54, 1.807) is 42.5 Å². The molecule has 2 rings (SSSR count). The number of nitrogens with one attached hydrogen (secondary N) is 1. The Morgan fingerprint density at radius 3 is 2.42 bits per heavy atom. The van der Waals surface area contributed by atoms with Crippen LogP contribution in [0.25, 0.3) is 0 Å². The van der Waals surface area contributed by atoms with Gasteiger partial charge < -0.3 is 10.4 Å². The summed E-state index contributed by atoms with van der Waals surface area (Å²) in [6.45, 7) is 0. The molecule has 0 radical (unpaired) electrons. The lowest BCUT2D eigenvalue weighted by Gasteiger charge is -2.15. The molecule has 0 aromatic heterocycles. The number of hydrogen-bond donors (Lipinski definition) is 2. The van der Waals surface area contributed by atoms with Gasteiger partial charge >= 0.3 is 5.97 Å². The molecule has 0 fully saturated rings. The van der Waals surface area contributed by atoms with Crippen molar-refractivity contribution in [3.63, 3.8) is 0 Å².